The smallest absolute Gasteiger partial charge is 0.416 e. The van der Waals surface area contributed by atoms with Crippen LogP contribution >= 0.6 is 0 Å². The number of benzene rings is 3. The summed E-state index contributed by atoms with van der Waals surface area (Å²) in [5.74, 6) is 1.20. The lowest BCUT2D eigenvalue weighted by Gasteiger charge is -2.19. The third-order valence-corrected chi connectivity index (χ3v) is 5.93. The zero-order valence-corrected chi connectivity index (χ0v) is 23.1. The Kier molecular flexibility index (Phi) is 9.17. The SMILES string of the molecule is CC(C)(C)OC(=O)NCCNc1cc(-c2cc(-c3ccc(C(F)(F)F)cc3)ccc2OCc2ccccc2)ccn1. The van der Waals surface area contributed by atoms with Crippen LogP contribution in [0.1, 0.15) is 31.9 Å². The van der Waals surface area contributed by atoms with E-state index in [2.05, 4.69) is 15.6 Å². The number of carbonyl (C=O) groups excluding carboxylic acids is 1. The van der Waals surface area contributed by atoms with Crippen molar-refractivity contribution in [3.05, 3.63) is 102 Å². The van der Waals surface area contributed by atoms with Gasteiger partial charge in [0.25, 0.3) is 0 Å². The molecule has 0 atom stereocenters. The van der Waals surface area contributed by atoms with Crippen molar-refractivity contribution >= 4 is 11.9 Å². The molecule has 0 aliphatic rings. The van der Waals surface area contributed by atoms with E-state index in [4.69, 9.17) is 9.47 Å². The number of nitrogens with one attached hydrogen (secondary N) is 2. The summed E-state index contributed by atoms with van der Waals surface area (Å²) in [6.45, 7) is 6.48. The van der Waals surface area contributed by atoms with E-state index >= 15 is 0 Å². The van der Waals surface area contributed by atoms with Crippen molar-refractivity contribution in [3.8, 4) is 28.0 Å². The molecule has 0 bridgehead atoms. The van der Waals surface area contributed by atoms with E-state index < -0.39 is 23.4 Å². The highest BCUT2D eigenvalue weighted by Gasteiger charge is 2.30. The van der Waals surface area contributed by atoms with Gasteiger partial charge in [-0.1, -0.05) is 48.5 Å². The molecule has 3 aromatic carbocycles. The molecule has 41 heavy (non-hydrogen) atoms. The zero-order valence-electron chi connectivity index (χ0n) is 23.1. The molecule has 9 heteroatoms. The molecule has 0 radical (unpaired) electrons. The maximum atomic E-state index is 13.1. The molecule has 0 spiro atoms. The molecule has 1 aromatic heterocycles. The number of halogens is 3. The second-order valence-electron chi connectivity index (χ2n) is 10.3. The number of aromatic nitrogens is 1. The molecule has 4 aromatic rings. The van der Waals surface area contributed by atoms with Crippen molar-refractivity contribution in [1.29, 1.82) is 0 Å². The topological polar surface area (TPSA) is 72.5 Å². The molecule has 0 aliphatic heterocycles. The van der Waals surface area contributed by atoms with Gasteiger partial charge in [0, 0.05) is 24.8 Å². The quantitative estimate of drug-likeness (QED) is 0.202. The second-order valence-corrected chi connectivity index (χ2v) is 10.3. The number of hydrogen-bond acceptors (Lipinski definition) is 5. The zero-order chi connectivity index (χ0) is 29.5. The maximum absolute atomic E-state index is 13.1. The maximum Gasteiger partial charge on any atom is 0.416 e. The molecule has 0 unspecified atom stereocenters. The first-order valence-electron chi connectivity index (χ1n) is 13.1. The molecule has 214 valence electrons. The van der Waals surface area contributed by atoms with Crippen LogP contribution in [0.3, 0.4) is 0 Å². The fourth-order valence-electron chi connectivity index (χ4n) is 4.01. The monoisotopic (exact) mass is 563 g/mol. The summed E-state index contributed by atoms with van der Waals surface area (Å²) < 4.78 is 50.7. The van der Waals surface area contributed by atoms with Crippen LogP contribution in [0.2, 0.25) is 0 Å². The van der Waals surface area contributed by atoms with Crippen molar-refractivity contribution in [1.82, 2.24) is 10.3 Å². The minimum absolute atomic E-state index is 0.329. The van der Waals surface area contributed by atoms with E-state index in [1.54, 1.807) is 27.0 Å². The third-order valence-electron chi connectivity index (χ3n) is 5.93. The summed E-state index contributed by atoms with van der Waals surface area (Å²) in [6, 6.07) is 24.1. The number of nitrogens with zero attached hydrogens (tertiary/aromatic N) is 1. The van der Waals surface area contributed by atoms with Crippen LogP contribution in [0.15, 0.2) is 91.1 Å². The van der Waals surface area contributed by atoms with E-state index in [9.17, 15) is 18.0 Å². The lowest BCUT2D eigenvalue weighted by Crippen LogP contribution is -2.35. The number of hydrogen-bond donors (Lipinski definition) is 2. The van der Waals surface area contributed by atoms with E-state index in [0.717, 1.165) is 34.4 Å². The summed E-state index contributed by atoms with van der Waals surface area (Å²) in [4.78, 5) is 16.3. The number of amides is 1. The van der Waals surface area contributed by atoms with Gasteiger partial charge in [0.05, 0.1) is 5.56 Å². The Morgan fingerprint density at radius 3 is 2.22 bits per heavy atom. The predicted octanol–water partition coefficient (Wildman–Crippen LogP) is 7.95. The van der Waals surface area contributed by atoms with Gasteiger partial charge in [-0.25, -0.2) is 9.78 Å². The van der Waals surface area contributed by atoms with Gasteiger partial charge in [-0.2, -0.15) is 13.2 Å². The summed E-state index contributed by atoms with van der Waals surface area (Å²) in [6.07, 6.45) is -3.24. The molecule has 6 nitrogen and oxygen atoms in total. The van der Waals surface area contributed by atoms with Gasteiger partial charge >= 0.3 is 12.3 Å². The van der Waals surface area contributed by atoms with Crippen molar-refractivity contribution < 1.29 is 27.4 Å². The summed E-state index contributed by atoms with van der Waals surface area (Å²) in [5.41, 5.74) is 2.68. The van der Waals surface area contributed by atoms with E-state index in [0.29, 0.717) is 36.8 Å². The lowest BCUT2D eigenvalue weighted by atomic mass is 9.97. The number of pyridine rings is 1. The summed E-state index contributed by atoms with van der Waals surface area (Å²) in [7, 11) is 0. The molecule has 0 saturated heterocycles. The number of alkyl halides is 3. The Hall–Kier alpha value is -4.53. The summed E-state index contributed by atoms with van der Waals surface area (Å²) >= 11 is 0. The van der Waals surface area contributed by atoms with Crippen LogP contribution in [0, 0.1) is 0 Å². The molecule has 1 heterocycles. The molecule has 4 rings (SSSR count). The molecular weight excluding hydrogens is 531 g/mol. The number of alkyl carbamates (subject to hydrolysis) is 1. The van der Waals surface area contributed by atoms with Crippen LogP contribution in [0.4, 0.5) is 23.8 Å². The van der Waals surface area contributed by atoms with Gasteiger partial charge in [-0.3, -0.25) is 0 Å². The molecule has 1 amide bonds. The fourth-order valence-corrected chi connectivity index (χ4v) is 4.01. The van der Waals surface area contributed by atoms with Crippen LogP contribution < -0.4 is 15.4 Å². The van der Waals surface area contributed by atoms with Crippen molar-refractivity contribution in [2.24, 2.45) is 0 Å². The van der Waals surface area contributed by atoms with Crippen LogP contribution in [-0.4, -0.2) is 29.8 Å². The Morgan fingerprint density at radius 1 is 0.829 bits per heavy atom. The van der Waals surface area contributed by atoms with Crippen molar-refractivity contribution in [2.45, 2.75) is 39.2 Å². The largest absolute Gasteiger partial charge is 0.488 e. The van der Waals surface area contributed by atoms with Gasteiger partial charge in [-0.15, -0.1) is 0 Å². The highest BCUT2D eigenvalue weighted by Crippen LogP contribution is 2.37. The summed E-state index contributed by atoms with van der Waals surface area (Å²) in [5, 5.41) is 5.88. The van der Waals surface area contributed by atoms with Gasteiger partial charge in [-0.05, 0) is 79.4 Å². The van der Waals surface area contributed by atoms with Gasteiger partial charge in [0.15, 0.2) is 0 Å². The van der Waals surface area contributed by atoms with Crippen molar-refractivity contribution in [3.63, 3.8) is 0 Å². The minimum Gasteiger partial charge on any atom is -0.488 e. The Labute approximate surface area is 237 Å². The van der Waals surface area contributed by atoms with E-state index in [1.807, 2.05) is 60.7 Å². The predicted molar refractivity (Wildman–Crippen MR) is 154 cm³/mol. The molecule has 0 aliphatic carbocycles. The highest BCUT2D eigenvalue weighted by atomic mass is 19.4. The van der Waals surface area contributed by atoms with Gasteiger partial charge in [0.1, 0.15) is 23.8 Å². The number of anilines is 1. The number of ether oxygens (including phenoxy) is 2. The molecule has 0 saturated carbocycles. The molecule has 0 fully saturated rings. The van der Waals surface area contributed by atoms with Crippen molar-refractivity contribution in [2.75, 3.05) is 18.4 Å². The average molecular weight is 564 g/mol. The normalized spacial score (nSPS) is 11.6. The van der Waals surface area contributed by atoms with Crippen LogP contribution in [0.5, 0.6) is 5.75 Å². The first-order chi connectivity index (χ1) is 19.5. The standard InChI is InChI=1S/C32H32F3N3O3/c1-31(2,3)41-30(39)38-18-17-37-29-20-25(15-16-36-29)27-19-24(23-9-12-26(13-10-23)32(33,34)35)11-14-28(27)40-21-22-7-5-4-6-8-22/h4-16,19-20H,17-18,21H2,1-3H3,(H,36,37)(H,38,39). The van der Waals surface area contributed by atoms with E-state index in [1.165, 1.54) is 12.1 Å². The number of carbonyl (C=O) groups is 1. The average Bonchev–Trinajstić information content (AvgIpc) is 2.93. The van der Waals surface area contributed by atoms with E-state index in [-0.39, 0.29) is 0 Å². The highest BCUT2D eigenvalue weighted by molar-refractivity contribution is 5.79. The molecular formula is C32H32F3N3O3. The number of rotatable bonds is 9. The molecule has 2 N–H and O–H groups in total. The van der Waals surface area contributed by atoms with Gasteiger partial charge < -0.3 is 20.1 Å². The van der Waals surface area contributed by atoms with Crippen LogP contribution in [0.25, 0.3) is 22.3 Å². The first kappa shape index (κ1) is 29.5. The minimum atomic E-state index is -4.40. The van der Waals surface area contributed by atoms with Gasteiger partial charge in [0.2, 0.25) is 0 Å². The lowest BCUT2D eigenvalue weighted by molar-refractivity contribution is -0.137. The second kappa shape index (κ2) is 12.8. The Balaban J connectivity index is 1.56. The Morgan fingerprint density at radius 2 is 1.54 bits per heavy atom. The first-order valence-corrected chi connectivity index (χ1v) is 13.1. The van der Waals surface area contributed by atoms with Crippen LogP contribution in [-0.2, 0) is 17.5 Å². The fraction of sp³-hybridized carbons (Fsp3) is 0.250. The third kappa shape index (κ3) is 8.73. The Bertz CT molecular complexity index is 1450.